The second kappa shape index (κ2) is 5.99. The minimum atomic E-state index is 0.139. The fraction of sp³-hybridized carbons (Fsp3) is 0.462. The van der Waals surface area contributed by atoms with Crippen molar-refractivity contribution in [2.75, 3.05) is 18.1 Å². The SMILES string of the molecule is NC(=S)c1ccc(Br)cc1N(CCO)C1CCC1. The van der Waals surface area contributed by atoms with Crippen molar-refractivity contribution in [2.24, 2.45) is 5.73 Å². The van der Waals surface area contributed by atoms with Crippen LogP contribution in [0.2, 0.25) is 0 Å². The van der Waals surface area contributed by atoms with Gasteiger partial charge in [-0.1, -0.05) is 28.1 Å². The maximum Gasteiger partial charge on any atom is 0.106 e. The molecule has 0 bridgehead atoms. The third-order valence-electron chi connectivity index (χ3n) is 3.39. The zero-order chi connectivity index (χ0) is 13.1. The van der Waals surface area contributed by atoms with Crippen molar-refractivity contribution in [3.05, 3.63) is 28.2 Å². The third kappa shape index (κ3) is 2.84. The van der Waals surface area contributed by atoms with Crippen LogP contribution in [-0.2, 0) is 0 Å². The van der Waals surface area contributed by atoms with E-state index in [2.05, 4.69) is 20.8 Å². The summed E-state index contributed by atoms with van der Waals surface area (Å²) in [5.41, 5.74) is 7.69. The number of hydrogen-bond acceptors (Lipinski definition) is 3. The number of aliphatic hydroxyl groups is 1. The van der Waals surface area contributed by atoms with Gasteiger partial charge in [0.15, 0.2) is 0 Å². The van der Waals surface area contributed by atoms with Crippen LogP contribution in [0.1, 0.15) is 24.8 Å². The topological polar surface area (TPSA) is 49.5 Å². The van der Waals surface area contributed by atoms with Gasteiger partial charge in [-0.25, -0.2) is 0 Å². The number of hydrogen-bond donors (Lipinski definition) is 2. The number of thiocarbonyl (C=S) groups is 1. The molecule has 1 aliphatic rings. The van der Waals surface area contributed by atoms with Gasteiger partial charge in [0.05, 0.1) is 6.61 Å². The molecule has 1 aromatic carbocycles. The Morgan fingerprint density at radius 2 is 2.22 bits per heavy atom. The van der Waals surface area contributed by atoms with Crippen LogP contribution in [0.25, 0.3) is 0 Å². The third-order valence-corrected chi connectivity index (χ3v) is 4.10. The normalized spacial score (nSPS) is 15.2. The van der Waals surface area contributed by atoms with Crippen molar-refractivity contribution >= 4 is 38.8 Å². The van der Waals surface area contributed by atoms with Gasteiger partial charge in [0, 0.05) is 28.3 Å². The monoisotopic (exact) mass is 328 g/mol. The average molecular weight is 329 g/mol. The van der Waals surface area contributed by atoms with Gasteiger partial charge in [-0.2, -0.15) is 0 Å². The van der Waals surface area contributed by atoms with Crippen molar-refractivity contribution in [1.29, 1.82) is 0 Å². The van der Waals surface area contributed by atoms with Crippen molar-refractivity contribution in [2.45, 2.75) is 25.3 Å². The summed E-state index contributed by atoms with van der Waals surface area (Å²) in [6, 6.07) is 6.41. The van der Waals surface area contributed by atoms with E-state index in [0.717, 1.165) is 15.7 Å². The highest BCUT2D eigenvalue weighted by Gasteiger charge is 2.26. The second-order valence-electron chi connectivity index (χ2n) is 4.53. The molecule has 1 aliphatic carbocycles. The number of nitrogens with zero attached hydrogens (tertiary/aromatic N) is 1. The summed E-state index contributed by atoms with van der Waals surface area (Å²) in [6.45, 7) is 0.760. The Hall–Kier alpha value is -0.650. The van der Waals surface area contributed by atoms with E-state index in [0.29, 0.717) is 17.6 Å². The Morgan fingerprint density at radius 1 is 1.50 bits per heavy atom. The molecule has 0 saturated heterocycles. The van der Waals surface area contributed by atoms with E-state index in [1.165, 1.54) is 19.3 Å². The number of rotatable bonds is 5. The number of halogens is 1. The van der Waals surface area contributed by atoms with Crippen molar-refractivity contribution in [1.82, 2.24) is 0 Å². The van der Waals surface area contributed by atoms with Gasteiger partial charge in [0.2, 0.25) is 0 Å². The molecule has 0 aliphatic heterocycles. The fourth-order valence-electron chi connectivity index (χ4n) is 2.26. The first-order chi connectivity index (χ1) is 8.63. The molecule has 0 aromatic heterocycles. The Morgan fingerprint density at radius 3 is 2.72 bits per heavy atom. The Bertz CT molecular complexity index is 449. The predicted molar refractivity (Wildman–Crippen MR) is 82.1 cm³/mol. The molecule has 5 heteroatoms. The van der Waals surface area contributed by atoms with Crippen LogP contribution in [0.5, 0.6) is 0 Å². The van der Waals surface area contributed by atoms with Gasteiger partial charge in [-0.15, -0.1) is 0 Å². The number of benzene rings is 1. The van der Waals surface area contributed by atoms with Gasteiger partial charge >= 0.3 is 0 Å². The lowest BCUT2D eigenvalue weighted by molar-refractivity contribution is 0.283. The van der Waals surface area contributed by atoms with Crippen LogP contribution < -0.4 is 10.6 Å². The number of anilines is 1. The largest absolute Gasteiger partial charge is 0.395 e. The van der Waals surface area contributed by atoms with Gasteiger partial charge in [-0.3, -0.25) is 0 Å². The first kappa shape index (κ1) is 13.8. The summed E-state index contributed by atoms with van der Waals surface area (Å²) in [5, 5.41) is 9.25. The second-order valence-corrected chi connectivity index (χ2v) is 5.88. The summed E-state index contributed by atoms with van der Waals surface area (Å²) >= 11 is 8.59. The van der Waals surface area contributed by atoms with Crippen LogP contribution in [0, 0.1) is 0 Å². The van der Waals surface area contributed by atoms with Crippen LogP contribution in [0.15, 0.2) is 22.7 Å². The van der Waals surface area contributed by atoms with E-state index >= 15 is 0 Å². The molecule has 3 nitrogen and oxygen atoms in total. The van der Waals surface area contributed by atoms with Gasteiger partial charge in [0.25, 0.3) is 0 Å². The van der Waals surface area contributed by atoms with E-state index in [9.17, 15) is 5.11 Å². The maximum atomic E-state index is 9.25. The van der Waals surface area contributed by atoms with Crippen LogP contribution in [-0.4, -0.2) is 29.3 Å². The van der Waals surface area contributed by atoms with E-state index < -0.39 is 0 Å². The Balaban J connectivity index is 2.37. The molecule has 0 amide bonds. The lowest BCUT2D eigenvalue weighted by Gasteiger charge is -2.40. The highest BCUT2D eigenvalue weighted by atomic mass is 79.9. The summed E-state index contributed by atoms with van der Waals surface area (Å²) in [6.07, 6.45) is 3.59. The van der Waals surface area contributed by atoms with Gasteiger partial charge in [0.1, 0.15) is 4.99 Å². The first-order valence-corrected chi connectivity index (χ1v) is 7.30. The smallest absolute Gasteiger partial charge is 0.106 e. The highest BCUT2D eigenvalue weighted by Crippen LogP contribution is 2.33. The molecule has 0 unspecified atom stereocenters. The molecular formula is C13H17BrN2OS. The molecule has 0 spiro atoms. The summed E-state index contributed by atoms with van der Waals surface area (Å²) in [4.78, 5) is 2.63. The van der Waals surface area contributed by atoms with E-state index in [-0.39, 0.29) is 6.61 Å². The minimum absolute atomic E-state index is 0.139. The molecular weight excluding hydrogens is 312 g/mol. The molecule has 0 heterocycles. The standard InChI is InChI=1S/C13H17BrN2OS/c14-9-4-5-11(13(15)18)12(8-9)16(6-7-17)10-2-1-3-10/h4-5,8,10,17H,1-3,6-7H2,(H2,15,18). The summed E-state index contributed by atoms with van der Waals surface area (Å²) in [7, 11) is 0. The predicted octanol–water partition coefficient (Wildman–Crippen LogP) is 2.43. The molecule has 98 valence electrons. The van der Waals surface area contributed by atoms with E-state index in [1.54, 1.807) is 0 Å². The van der Waals surface area contributed by atoms with E-state index in [1.807, 2.05) is 18.2 Å². The van der Waals surface area contributed by atoms with E-state index in [4.69, 9.17) is 18.0 Å². The lowest BCUT2D eigenvalue weighted by atomic mass is 9.90. The zero-order valence-corrected chi connectivity index (χ0v) is 12.5. The van der Waals surface area contributed by atoms with Gasteiger partial charge < -0.3 is 15.7 Å². The molecule has 1 aromatic rings. The molecule has 1 fully saturated rings. The summed E-state index contributed by atoms with van der Waals surface area (Å²) in [5.74, 6) is 0. The molecule has 3 N–H and O–H groups in total. The fourth-order valence-corrected chi connectivity index (χ4v) is 2.78. The lowest BCUT2D eigenvalue weighted by Crippen LogP contribution is -2.42. The van der Waals surface area contributed by atoms with Crippen molar-refractivity contribution in [3.63, 3.8) is 0 Å². The molecule has 0 radical (unpaired) electrons. The summed E-state index contributed by atoms with van der Waals surface area (Å²) < 4.78 is 1.000. The molecule has 0 atom stereocenters. The molecule has 1 saturated carbocycles. The minimum Gasteiger partial charge on any atom is -0.395 e. The van der Waals surface area contributed by atoms with Gasteiger partial charge in [-0.05, 0) is 37.5 Å². The maximum absolute atomic E-state index is 9.25. The molecule has 18 heavy (non-hydrogen) atoms. The highest BCUT2D eigenvalue weighted by molar-refractivity contribution is 9.10. The Kier molecular flexibility index (Phi) is 4.59. The van der Waals surface area contributed by atoms with Crippen molar-refractivity contribution in [3.8, 4) is 0 Å². The number of aliphatic hydroxyl groups excluding tert-OH is 1. The van der Waals surface area contributed by atoms with Crippen LogP contribution in [0.4, 0.5) is 5.69 Å². The van der Waals surface area contributed by atoms with Crippen LogP contribution in [0.3, 0.4) is 0 Å². The quantitative estimate of drug-likeness (QED) is 0.815. The van der Waals surface area contributed by atoms with Crippen LogP contribution >= 0.6 is 28.1 Å². The number of nitrogens with two attached hydrogens (primary N) is 1. The molecule has 2 rings (SSSR count). The first-order valence-electron chi connectivity index (χ1n) is 6.10. The average Bonchev–Trinajstić information content (AvgIpc) is 2.25. The Labute approximate surface area is 121 Å². The van der Waals surface area contributed by atoms with Crippen molar-refractivity contribution < 1.29 is 5.11 Å². The zero-order valence-electron chi connectivity index (χ0n) is 10.1.